The first-order chi connectivity index (χ1) is 8.51. The zero-order chi connectivity index (χ0) is 13.2. The Bertz CT molecular complexity index is 652. The van der Waals surface area contributed by atoms with Gasteiger partial charge < -0.3 is 4.98 Å². The summed E-state index contributed by atoms with van der Waals surface area (Å²) < 4.78 is 27.6. The summed E-state index contributed by atoms with van der Waals surface area (Å²) in [4.78, 5) is 6.76. The number of rotatable bonds is 4. The van der Waals surface area contributed by atoms with Gasteiger partial charge in [-0.15, -0.1) is 0 Å². The van der Waals surface area contributed by atoms with Crippen LogP contribution < -0.4 is 4.72 Å². The second kappa shape index (κ2) is 5.27. The molecule has 2 N–H and O–H groups in total. The summed E-state index contributed by atoms with van der Waals surface area (Å²) in [5.74, 6) is 0.651. The Morgan fingerprint density at radius 2 is 2.22 bits per heavy atom. The van der Waals surface area contributed by atoms with Crippen molar-refractivity contribution in [3.63, 3.8) is 0 Å². The maximum absolute atomic E-state index is 12.1. The first kappa shape index (κ1) is 13.3. The predicted molar refractivity (Wildman–Crippen MR) is 77.9 cm³/mol. The number of anilines is 1. The standard InChI is InChI=1S/C11H12IN3O2S/c1-2-10-13-7-11(14-10)18(16,17)15-9-5-3-4-8(12)6-9/h3-7,15H,2H2,1H3,(H,13,14). The molecule has 0 saturated carbocycles. The molecule has 2 rings (SSSR count). The van der Waals surface area contributed by atoms with Gasteiger partial charge in [0, 0.05) is 15.7 Å². The van der Waals surface area contributed by atoms with Gasteiger partial charge in [0.15, 0.2) is 5.03 Å². The topological polar surface area (TPSA) is 74.8 Å². The second-order valence-electron chi connectivity index (χ2n) is 3.66. The Labute approximate surface area is 119 Å². The quantitative estimate of drug-likeness (QED) is 0.804. The van der Waals surface area contributed by atoms with Crippen molar-refractivity contribution in [1.29, 1.82) is 0 Å². The number of nitrogens with one attached hydrogen (secondary N) is 2. The third-order valence-electron chi connectivity index (χ3n) is 2.31. The Kier molecular flexibility index (Phi) is 3.91. The average Bonchev–Trinajstić information content (AvgIpc) is 2.77. The Morgan fingerprint density at radius 3 is 2.83 bits per heavy atom. The number of benzene rings is 1. The molecule has 0 aliphatic heterocycles. The van der Waals surface area contributed by atoms with Crippen molar-refractivity contribution in [1.82, 2.24) is 9.97 Å². The van der Waals surface area contributed by atoms with Crippen LogP contribution in [0, 0.1) is 3.57 Å². The first-order valence-electron chi connectivity index (χ1n) is 5.33. The van der Waals surface area contributed by atoms with Gasteiger partial charge in [0.05, 0.1) is 6.20 Å². The van der Waals surface area contributed by atoms with Crippen LogP contribution in [0.4, 0.5) is 5.69 Å². The van der Waals surface area contributed by atoms with Crippen LogP contribution in [0.15, 0.2) is 35.5 Å². The Balaban J connectivity index is 2.27. The molecule has 0 spiro atoms. The summed E-state index contributed by atoms with van der Waals surface area (Å²) in [6, 6.07) is 7.15. The lowest BCUT2D eigenvalue weighted by Gasteiger charge is -2.06. The molecule has 5 nitrogen and oxygen atoms in total. The average molecular weight is 377 g/mol. The zero-order valence-electron chi connectivity index (χ0n) is 9.64. The highest BCUT2D eigenvalue weighted by Gasteiger charge is 2.16. The van der Waals surface area contributed by atoms with Gasteiger partial charge in [0.1, 0.15) is 5.82 Å². The van der Waals surface area contributed by atoms with E-state index in [9.17, 15) is 8.42 Å². The Hall–Kier alpha value is -1.09. The van der Waals surface area contributed by atoms with Crippen LogP contribution in [0.25, 0.3) is 0 Å². The first-order valence-corrected chi connectivity index (χ1v) is 7.89. The maximum Gasteiger partial charge on any atom is 0.278 e. The molecule has 2 aromatic rings. The number of hydrogen-bond acceptors (Lipinski definition) is 3. The van der Waals surface area contributed by atoms with Crippen molar-refractivity contribution in [2.75, 3.05) is 4.72 Å². The maximum atomic E-state index is 12.1. The number of aromatic amines is 1. The molecule has 0 aliphatic rings. The number of aryl methyl sites for hydroxylation is 1. The van der Waals surface area contributed by atoms with E-state index < -0.39 is 10.0 Å². The van der Waals surface area contributed by atoms with E-state index in [-0.39, 0.29) is 5.03 Å². The van der Waals surface area contributed by atoms with Gasteiger partial charge in [0.2, 0.25) is 0 Å². The van der Waals surface area contributed by atoms with Gasteiger partial charge in [0.25, 0.3) is 10.0 Å². The number of H-pyrrole nitrogens is 1. The van der Waals surface area contributed by atoms with Crippen molar-refractivity contribution in [3.8, 4) is 0 Å². The third kappa shape index (κ3) is 3.02. The molecule has 1 heterocycles. The molecule has 0 unspecified atom stereocenters. The van der Waals surface area contributed by atoms with Gasteiger partial charge in [-0.1, -0.05) is 13.0 Å². The molecule has 0 saturated heterocycles. The van der Waals surface area contributed by atoms with Crippen LogP contribution in [0.1, 0.15) is 12.7 Å². The fourth-order valence-electron chi connectivity index (χ4n) is 1.42. The SMILES string of the molecule is CCc1ncc(S(=O)(=O)Nc2cccc(I)c2)[nH]1. The van der Waals surface area contributed by atoms with E-state index in [4.69, 9.17) is 0 Å². The second-order valence-corrected chi connectivity index (χ2v) is 6.56. The number of nitrogens with zero attached hydrogens (tertiary/aromatic N) is 1. The summed E-state index contributed by atoms with van der Waals surface area (Å²) in [6.45, 7) is 1.90. The smallest absolute Gasteiger partial charge is 0.278 e. The highest BCUT2D eigenvalue weighted by molar-refractivity contribution is 14.1. The fourth-order valence-corrected chi connectivity index (χ4v) is 2.96. The molecule has 18 heavy (non-hydrogen) atoms. The third-order valence-corrected chi connectivity index (χ3v) is 4.27. The summed E-state index contributed by atoms with van der Waals surface area (Å²) >= 11 is 2.13. The highest BCUT2D eigenvalue weighted by Crippen LogP contribution is 2.17. The van der Waals surface area contributed by atoms with Crippen molar-refractivity contribution >= 4 is 38.3 Å². The minimum absolute atomic E-state index is 0.0817. The molecule has 0 atom stereocenters. The molecule has 0 radical (unpaired) electrons. The van der Waals surface area contributed by atoms with Crippen LogP contribution in [0.2, 0.25) is 0 Å². The van der Waals surface area contributed by atoms with Gasteiger partial charge in [-0.05, 0) is 40.8 Å². The van der Waals surface area contributed by atoms with E-state index >= 15 is 0 Å². The number of sulfonamides is 1. The summed E-state index contributed by atoms with van der Waals surface area (Å²) in [5.41, 5.74) is 0.537. The number of halogens is 1. The normalized spacial score (nSPS) is 11.4. The minimum Gasteiger partial charge on any atom is -0.332 e. The summed E-state index contributed by atoms with van der Waals surface area (Å²) in [5, 5.41) is 0.0817. The van der Waals surface area contributed by atoms with Crippen molar-refractivity contribution < 1.29 is 8.42 Å². The molecule has 0 amide bonds. The van der Waals surface area contributed by atoms with E-state index in [2.05, 4.69) is 37.3 Å². The predicted octanol–water partition coefficient (Wildman–Crippen LogP) is 2.38. The van der Waals surface area contributed by atoms with Crippen LogP contribution >= 0.6 is 22.6 Å². The van der Waals surface area contributed by atoms with Gasteiger partial charge in [-0.2, -0.15) is 8.42 Å². The molecule has 0 bridgehead atoms. The van der Waals surface area contributed by atoms with Crippen LogP contribution in [-0.2, 0) is 16.4 Å². The highest BCUT2D eigenvalue weighted by atomic mass is 127. The van der Waals surface area contributed by atoms with E-state index in [1.165, 1.54) is 6.20 Å². The molecule has 0 aliphatic carbocycles. The van der Waals surface area contributed by atoms with Crippen molar-refractivity contribution in [3.05, 3.63) is 39.9 Å². The molecular weight excluding hydrogens is 365 g/mol. The summed E-state index contributed by atoms with van der Waals surface area (Å²) in [6.07, 6.45) is 1.99. The molecule has 96 valence electrons. The van der Waals surface area contributed by atoms with Gasteiger partial charge >= 0.3 is 0 Å². The van der Waals surface area contributed by atoms with Gasteiger partial charge in [-0.3, -0.25) is 4.72 Å². The minimum atomic E-state index is -3.59. The Morgan fingerprint density at radius 1 is 1.44 bits per heavy atom. The molecule has 1 aromatic heterocycles. The number of hydrogen-bond donors (Lipinski definition) is 2. The largest absolute Gasteiger partial charge is 0.332 e. The lowest BCUT2D eigenvalue weighted by molar-refractivity contribution is 0.598. The zero-order valence-corrected chi connectivity index (χ0v) is 12.6. The molecule has 0 fully saturated rings. The van der Waals surface area contributed by atoms with Crippen LogP contribution in [-0.4, -0.2) is 18.4 Å². The molecule has 7 heteroatoms. The van der Waals surface area contributed by atoms with E-state index in [1.54, 1.807) is 18.2 Å². The van der Waals surface area contributed by atoms with Crippen LogP contribution in [0.3, 0.4) is 0 Å². The number of aromatic nitrogens is 2. The van der Waals surface area contributed by atoms with Gasteiger partial charge in [-0.25, -0.2) is 4.98 Å². The molecular formula is C11H12IN3O2S. The lowest BCUT2D eigenvalue weighted by Crippen LogP contribution is -2.13. The number of imidazole rings is 1. The van der Waals surface area contributed by atoms with E-state index in [1.807, 2.05) is 13.0 Å². The lowest BCUT2D eigenvalue weighted by atomic mass is 10.3. The summed E-state index contributed by atoms with van der Waals surface area (Å²) in [7, 11) is -3.59. The van der Waals surface area contributed by atoms with E-state index in [0.29, 0.717) is 17.9 Å². The molecule has 1 aromatic carbocycles. The van der Waals surface area contributed by atoms with Crippen molar-refractivity contribution in [2.24, 2.45) is 0 Å². The van der Waals surface area contributed by atoms with Crippen molar-refractivity contribution in [2.45, 2.75) is 18.4 Å². The monoisotopic (exact) mass is 377 g/mol. The fraction of sp³-hybridized carbons (Fsp3) is 0.182. The van der Waals surface area contributed by atoms with Crippen LogP contribution in [0.5, 0.6) is 0 Å². The van der Waals surface area contributed by atoms with E-state index in [0.717, 1.165) is 3.57 Å².